The first-order chi connectivity index (χ1) is 12.4. The monoisotopic (exact) mass is 379 g/mol. The number of benzene rings is 1. The van der Waals surface area contributed by atoms with Gasteiger partial charge in [0.15, 0.2) is 6.61 Å². The molecule has 0 aromatic heterocycles. The van der Waals surface area contributed by atoms with Crippen LogP contribution in [0.4, 0.5) is 0 Å². The van der Waals surface area contributed by atoms with Crippen molar-refractivity contribution in [1.29, 1.82) is 0 Å². The molecule has 0 spiro atoms. The van der Waals surface area contributed by atoms with Crippen molar-refractivity contribution in [3.8, 4) is 5.75 Å². The van der Waals surface area contributed by atoms with Crippen molar-refractivity contribution < 1.29 is 28.6 Å². The highest BCUT2D eigenvalue weighted by Gasteiger charge is 2.27. The second-order valence-electron chi connectivity index (χ2n) is 8.19. The molecule has 1 rings (SSSR count). The number of nitrogens with one attached hydrogen (secondary N) is 1. The minimum Gasteiger partial charge on any atom is -0.484 e. The number of rotatable bonds is 7. The van der Waals surface area contributed by atoms with E-state index in [1.165, 1.54) is 32.4 Å². The third kappa shape index (κ3) is 7.68. The van der Waals surface area contributed by atoms with Gasteiger partial charge < -0.3 is 19.5 Å². The topological polar surface area (TPSA) is 90.9 Å². The quantitative estimate of drug-likeness (QED) is 0.733. The van der Waals surface area contributed by atoms with Gasteiger partial charge in [-0.3, -0.25) is 4.79 Å². The summed E-state index contributed by atoms with van der Waals surface area (Å²) in [6, 6.07) is 4.16. The van der Waals surface area contributed by atoms with Crippen LogP contribution in [0, 0.1) is 5.41 Å². The molecule has 0 bridgehead atoms. The van der Waals surface area contributed by atoms with Crippen LogP contribution in [0.1, 0.15) is 61.8 Å². The Morgan fingerprint density at radius 1 is 0.889 bits per heavy atom. The normalized spacial score (nSPS) is 11.5. The highest BCUT2D eigenvalue weighted by atomic mass is 16.5. The highest BCUT2D eigenvalue weighted by molar-refractivity contribution is 5.96. The summed E-state index contributed by atoms with van der Waals surface area (Å²) in [6.45, 7) is 9.95. The number of carbonyl (C=O) groups excluding carboxylic acids is 3. The number of hydrogen-bond acceptors (Lipinski definition) is 6. The number of carbonyl (C=O) groups is 3. The maximum atomic E-state index is 12.2. The summed E-state index contributed by atoms with van der Waals surface area (Å²) in [6.07, 6.45) is 0.788. The Labute approximate surface area is 160 Å². The molecule has 1 N–H and O–H groups in total. The molecule has 7 nitrogen and oxygen atoms in total. The van der Waals surface area contributed by atoms with E-state index >= 15 is 0 Å². The zero-order chi connectivity index (χ0) is 20.8. The Morgan fingerprint density at radius 3 is 1.78 bits per heavy atom. The van der Waals surface area contributed by atoms with Gasteiger partial charge in [-0.2, -0.15) is 0 Å². The second kappa shape index (κ2) is 8.88. The van der Waals surface area contributed by atoms with Gasteiger partial charge in [-0.05, 0) is 43.9 Å². The van der Waals surface area contributed by atoms with E-state index < -0.39 is 17.5 Å². The van der Waals surface area contributed by atoms with E-state index in [1.807, 2.05) is 13.8 Å². The van der Waals surface area contributed by atoms with Crippen LogP contribution in [0.3, 0.4) is 0 Å². The number of hydrogen-bond donors (Lipinski definition) is 1. The molecule has 0 aliphatic carbocycles. The van der Waals surface area contributed by atoms with Crippen LogP contribution < -0.4 is 10.1 Å². The lowest BCUT2D eigenvalue weighted by Crippen LogP contribution is -2.47. The fourth-order valence-corrected chi connectivity index (χ4v) is 3.09. The lowest BCUT2D eigenvalue weighted by molar-refractivity contribution is -0.125. The fraction of sp³-hybridized carbons (Fsp3) is 0.550. The van der Waals surface area contributed by atoms with Crippen LogP contribution in [-0.4, -0.2) is 44.2 Å². The fourth-order valence-electron chi connectivity index (χ4n) is 3.09. The molecule has 0 saturated heterocycles. The summed E-state index contributed by atoms with van der Waals surface area (Å²) < 4.78 is 14.8. The maximum absolute atomic E-state index is 12.2. The number of esters is 2. The molecule has 0 aliphatic rings. The van der Waals surface area contributed by atoms with Crippen molar-refractivity contribution in [2.45, 2.75) is 46.6 Å². The summed E-state index contributed by atoms with van der Waals surface area (Å²) in [7, 11) is 2.47. The predicted molar refractivity (Wildman–Crippen MR) is 101 cm³/mol. The number of ether oxygens (including phenoxy) is 3. The maximum Gasteiger partial charge on any atom is 0.338 e. The molecule has 0 unspecified atom stereocenters. The Morgan fingerprint density at radius 2 is 1.37 bits per heavy atom. The molecular weight excluding hydrogens is 350 g/mol. The zero-order valence-electron chi connectivity index (χ0n) is 17.1. The Balaban J connectivity index is 2.87. The van der Waals surface area contributed by atoms with Crippen molar-refractivity contribution in [3.05, 3.63) is 29.3 Å². The van der Waals surface area contributed by atoms with Crippen LogP contribution in [-0.2, 0) is 14.3 Å². The van der Waals surface area contributed by atoms with Crippen LogP contribution in [0.25, 0.3) is 0 Å². The molecule has 1 aromatic rings. The van der Waals surface area contributed by atoms with Crippen LogP contribution in [0.15, 0.2) is 18.2 Å². The van der Waals surface area contributed by atoms with Crippen molar-refractivity contribution in [3.63, 3.8) is 0 Å². The minimum absolute atomic E-state index is 0.0574. The Bertz CT molecular complexity index is 669. The third-order valence-corrected chi connectivity index (χ3v) is 3.57. The van der Waals surface area contributed by atoms with E-state index in [0.717, 1.165) is 6.42 Å². The van der Waals surface area contributed by atoms with Gasteiger partial charge in [-0.25, -0.2) is 9.59 Å². The average Bonchev–Trinajstić information content (AvgIpc) is 2.55. The smallest absolute Gasteiger partial charge is 0.338 e. The van der Waals surface area contributed by atoms with Gasteiger partial charge in [0.2, 0.25) is 0 Å². The van der Waals surface area contributed by atoms with Gasteiger partial charge in [0.25, 0.3) is 5.91 Å². The largest absolute Gasteiger partial charge is 0.484 e. The summed E-state index contributed by atoms with van der Waals surface area (Å²) in [5, 5.41) is 2.93. The molecule has 1 aromatic carbocycles. The predicted octanol–water partition coefficient (Wildman–Crippen LogP) is 2.97. The van der Waals surface area contributed by atoms with Crippen molar-refractivity contribution in [1.82, 2.24) is 5.32 Å². The minimum atomic E-state index is -0.624. The highest BCUT2D eigenvalue weighted by Crippen LogP contribution is 2.26. The van der Waals surface area contributed by atoms with E-state index in [-0.39, 0.29) is 34.8 Å². The molecule has 0 heterocycles. The summed E-state index contributed by atoms with van der Waals surface area (Å²) in [4.78, 5) is 35.8. The van der Waals surface area contributed by atoms with Gasteiger partial charge in [0.05, 0.1) is 25.3 Å². The first-order valence-electron chi connectivity index (χ1n) is 8.62. The third-order valence-electron chi connectivity index (χ3n) is 3.57. The van der Waals surface area contributed by atoms with Crippen molar-refractivity contribution in [2.24, 2.45) is 5.41 Å². The van der Waals surface area contributed by atoms with Crippen LogP contribution in [0.5, 0.6) is 5.75 Å². The van der Waals surface area contributed by atoms with Crippen LogP contribution >= 0.6 is 0 Å². The Kier molecular flexibility index (Phi) is 7.39. The van der Waals surface area contributed by atoms with Gasteiger partial charge in [-0.15, -0.1) is 0 Å². The molecule has 27 heavy (non-hydrogen) atoms. The van der Waals surface area contributed by atoms with Gasteiger partial charge in [-0.1, -0.05) is 20.8 Å². The van der Waals surface area contributed by atoms with E-state index in [4.69, 9.17) is 4.74 Å². The van der Waals surface area contributed by atoms with Gasteiger partial charge in [0, 0.05) is 5.54 Å². The van der Waals surface area contributed by atoms with Gasteiger partial charge >= 0.3 is 11.9 Å². The standard InChI is InChI=1S/C20H29NO6/c1-19(2,3)12-20(4,5)21-16(22)11-27-15-9-13(17(23)25-6)8-14(10-15)18(24)26-7/h8-10H,11-12H2,1-7H3,(H,21,22). The molecule has 150 valence electrons. The Hall–Kier alpha value is -2.57. The molecular formula is C20H29NO6. The van der Waals surface area contributed by atoms with E-state index in [9.17, 15) is 14.4 Å². The lowest BCUT2D eigenvalue weighted by Gasteiger charge is -2.33. The zero-order valence-corrected chi connectivity index (χ0v) is 17.1. The molecule has 7 heteroatoms. The van der Waals surface area contributed by atoms with Crippen molar-refractivity contribution in [2.75, 3.05) is 20.8 Å². The van der Waals surface area contributed by atoms with Crippen LogP contribution in [0.2, 0.25) is 0 Å². The molecule has 0 radical (unpaired) electrons. The first-order valence-corrected chi connectivity index (χ1v) is 8.62. The molecule has 0 saturated carbocycles. The average molecular weight is 379 g/mol. The SMILES string of the molecule is COC(=O)c1cc(OCC(=O)NC(C)(C)CC(C)(C)C)cc(C(=O)OC)c1. The molecule has 1 amide bonds. The van der Waals surface area contributed by atoms with E-state index in [1.54, 1.807) is 0 Å². The molecule has 0 aliphatic heterocycles. The number of amides is 1. The van der Waals surface area contributed by atoms with Crippen molar-refractivity contribution >= 4 is 17.8 Å². The molecule has 0 atom stereocenters. The summed E-state index contributed by atoms with van der Waals surface area (Å²) in [5.74, 6) is -1.35. The second-order valence-corrected chi connectivity index (χ2v) is 8.19. The lowest BCUT2D eigenvalue weighted by atomic mass is 9.82. The molecule has 0 fully saturated rings. The van der Waals surface area contributed by atoms with E-state index in [2.05, 4.69) is 35.6 Å². The van der Waals surface area contributed by atoms with Gasteiger partial charge in [0.1, 0.15) is 5.75 Å². The summed E-state index contributed by atoms with van der Waals surface area (Å²) >= 11 is 0. The summed E-state index contributed by atoms with van der Waals surface area (Å²) in [5.41, 5.74) is -0.0845. The van der Waals surface area contributed by atoms with E-state index in [0.29, 0.717) is 0 Å². The first kappa shape index (κ1) is 22.5. The number of methoxy groups -OCH3 is 2.